The lowest BCUT2D eigenvalue weighted by atomic mass is 9.97. The van der Waals surface area contributed by atoms with Crippen LogP contribution in [0.1, 0.15) is 5.56 Å². The first kappa shape index (κ1) is 12.2. The Labute approximate surface area is 131 Å². The maximum Gasteiger partial charge on any atom is 0.258 e. The van der Waals surface area contributed by atoms with Gasteiger partial charge in [0.2, 0.25) is 0 Å². The van der Waals surface area contributed by atoms with Crippen molar-refractivity contribution in [3.63, 3.8) is 0 Å². The van der Waals surface area contributed by atoms with E-state index in [4.69, 9.17) is 11.6 Å². The van der Waals surface area contributed by atoms with Crippen molar-refractivity contribution in [1.29, 1.82) is 0 Å². The molecular weight excluding hydrogens is 294 g/mol. The van der Waals surface area contributed by atoms with Crippen LogP contribution < -0.4 is 5.56 Å². The number of benzene rings is 3. The number of aryl methyl sites for hydroxylation is 2. The molecule has 0 unspecified atom stereocenters. The average molecular weight is 306 g/mol. The number of aromatic nitrogens is 1. The number of fused-ring (bicyclic) bond motifs is 4. The Morgan fingerprint density at radius 3 is 2.18 bits per heavy atom. The summed E-state index contributed by atoms with van der Waals surface area (Å²) in [5, 5.41) is 5.96. The fourth-order valence-corrected chi connectivity index (χ4v) is 4.16. The molecule has 0 radical (unpaired) electrons. The predicted molar refractivity (Wildman–Crippen MR) is 91.9 cm³/mol. The molecule has 22 heavy (non-hydrogen) atoms. The lowest BCUT2D eigenvalue weighted by molar-refractivity contribution is 0.747. The Kier molecular flexibility index (Phi) is 2.29. The minimum absolute atomic E-state index is 0.0909. The summed E-state index contributed by atoms with van der Waals surface area (Å²) in [4.78, 5) is 12.8. The van der Waals surface area contributed by atoms with Gasteiger partial charge in [-0.3, -0.25) is 4.79 Å². The van der Waals surface area contributed by atoms with Gasteiger partial charge < -0.3 is 4.57 Å². The lowest BCUT2D eigenvalue weighted by Gasteiger charge is -2.13. The minimum Gasteiger partial charge on any atom is -0.307 e. The third-order valence-corrected chi connectivity index (χ3v) is 5.18. The first-order valence-electron chi connectivity index (χ1n) is 7.41. The van der Waals surface area contributed by atoms with Gasteiger partial charge in [0.1, 0.15) is 0 Å². The van der Waals surface area contributed by atoms with Crippen LogP contribution in [0, 0.1) is 0 Å². The second kappa shape index (κ2) is 4.11. The fourth-order valence-electron chi connectivity index (χ4n) is 3.81. The summed E-state index contributed by atoms with van der Waals surface area (Å²) in [6, 6.07) is 16.1. The Morgan fingerprint density at radius 2 is 1.45 bits per heavy atom. The van der Waals surface area contributed by atoms with Gasteiger partial charge >= 0.3 is 0 Å². The summed E-state index contributed by atoms with van der Waals surface area (Å²) >= 11 is 6.64. The quantitative estimate of drug-likeness (QED) is 0.438. The number of halogens is 1. The summed E-state index contributed by atoms with van der Waals surface area (Å²) < 4.78 is 1.89. The summed E-state index contributed by atoms with van der Waals surface area (Å²) in [6.07, 6.45) is 0.825. The van der Waals surface area contributed by atoms with Crippen molar-refractivity contribution < 1.29 is 0 Å². The Morgan fingerprint density at radius 1 is 0.864 bits per heavy atom. The number of hydrogen-bond donors (Lipinski definition) is 0. The Balaban J connectivity index is 2.27. The SMILES string of the molecule is O=c1c2ccccc2c2c3ccccc3c(Cl)c3c2n1CC3. The van der Waals surface area contributed by atoms with Crippen LogP contribution in [0.2, 0.25) is 5.02 Å². The molecule has 0 saturated heterocycles. The molecule has 4 aromatic rings. The molecule has 0 N–H and O–H groups in total. The molecular formula is C19H12ClNO. The van der Waals surface area contributed by atoms with E-state index in [0.29, 0.717) is 6.54 Å². The zero-order valence-corrected chi connectivity index (χ0v) is 12.5. The van der Waals surface area contributed by atoms with E-state index in [-0.39, 0.29) is 5.56 Å². The number of nitrogens with zero attached hydrogens (tertiary/aromatic N) is 1. The molecule has 0 fully saturated rings. The molecule has 1 aliphatic heterocycles. The summed E-state index contributed by atoms with van der Waals surface area (Å²) in [7, 11) is 0. The van der Waals surface area contributed by atoms with Crippen molar-refractivity contribution in [2.75, 3.05) is 0 Å². The second-order valence-electron chi connectivity index (χ2n) is 5.81. The molecule has 0 spiro atoms. The molecule has 0 saturated carbocycles. The first-order valence-corrected chi connectivity index (χ1v) is 7.79. The summed E-state index contributed by atoms with van der Waals surface area (Å²) in [5.41, 5.74) is 2.22. The van der Waals surface area contributed by atoms with Gasteiger partial charge in [-0.05, 0) is 28.8 Å². The third-order valence-electron chi connectivity index (χ3n) is 4.75. The maximum absolute atomic E-state index is 12.8. The highest BCUT2D eigenvalue weighted by molar-refractivity contribution is 6.39. The maximum atomic E-state index is 12.8. The van der Waals surface area contributed by atoms with Crippen LogP contribution in [0.4, 0.5) is 0 Å². The molecule has 0 amide bonds. The van der Waals surface area contributed by atoms with E-state index in [9.17, 15) is 4.79 Å². The van der Waals surface area contributed by atoms with Gasteiger partial charge in [-0.1, -0.05) is 54.1 Å². The van der Waals surface area contributed by atoms with E-state index < -0.39 is 0 Å². The van der Waals surface area contributed by atoms with Crippen LogP contribution in [-0.2, 0) is 13.0 Å². The van der Waals surface area contributed by atoms with Crippen LogP contribution in [0.25, 0.3) is 32.4 Å². The molecule has 3 heteroatoms. The van der Waals surface area contributed by atoms with Crippen LogP contribution in [0.3, 0.4) is 0 Å². The largest absolute Gasteiger partial charge is 0.307 e. The molecule has 0 bridgehead atoms. The van der Waals surface area contributed by atoms with Crippen LogP contribution in [-0.4, -0.2) is 4.57 Å². The van der Waals surface area contributed by atoms with E-state index in [1.165, 1.54) is 0 Å². The van der Waals surface area contributed by atoms with E-state index in [2.05, 4.69) is 12.1 Å². The van der Waals surface area contributed by atoms with Crippen LogP contribution >= 0.6 is 11.6 Å². The van der Waals surface area contributed by atoms with Gasteiger partial charge in [0, 0.05) is 22.7 Å². The lowest BCUT2D eigenvalue weighted by Crippen LogP contribution is -2.18. The van der Waals surface area contributed by atoms with Gasteiger partial charge in [0.15, 0.2) is 0 Å². The van der Waals surface area contributed by atoms with Gasteiger partial charge in [0.25, 0.3) is 5.56 Å². The van der Waals surface area contributed by atoms with Gasteiger partial charge in [-0.25, -0.2) is 0 Å². The monoisotopic (exact) mass is 305 g/mol. The molecule has 2 nitrogen and oxygen atoms in total. The van der Waals surface area contributed by atoms with E-state index in [0.717, 1.165) is 49.5 Å². The predicted octanol–water partition coefficient (Wildman–Crippen LogP) is 4.52. The van der Waals surface area contributed by atoms with Gasteiger partial charge in [-0.2, -0.15) is 0 Å². The molecule has 0 aliphatic carbocycles. The van der Waals surface area contributed by atoms with Crippen molar-refractivity contribution in [2.45, 2.75) is 13.0 Å². The number of rotatable bonds is 0. The molecule has 106 valence electrons. The molecule has 5 rings (SSSR count). The Bertz CT molecular complexity index is 1160. The van der Waals surface area contributed by atoms with E-state index >= 15 is 0 Å². The first-order chi connectivity index (χ1) is 10.8. The van der Waals surface area contributed by atoms with E-state index in [1.807, 2.05) is 41.0 Å². The van der Waals surface area contributed by atoms with Crippen molar-refractivity contribution >= 4 is 44.0 Å². The standard InChI is InChI=1S/C19H12ClNO/c20-17-13-7-3-1-5-11(13)16-12-6-2-4-8-14(12)19(22)21-10-9-15(17)18(16)21/h1-8H,9-10H2. The van der Waals surface area contributed by atoms with Gasteiger partial charge in [0.05, 0.1) is 10.5 Å². The molecule has 1 aliphatic rings. The third kappa shape index (κ3) is 1.34. The zero-order chi connectivity index (χ0) is 14.8. The van der Waals surface area contributed by atoms with E-state index in [1.54, 1.807) is 0 Å². The van der Waals surface area contributed by atoms with Crippen molar-refractivity contribution in [3.05, 3.63) is 69.5 Å². The highest BCUT2D eigenvalue weighted by Crippen LogP contribution is 2.40. The second-order valence-corrected chi connectivity index (χ2v) is 6.19. The zero-order valence-electron chi connectivity index (χ0n) is 11.8. The minimum atomic E-state index is 0.0909. The summed E-state index contributed by atoms with van der Waals surface area (Å²) in [6.45, 7) is 0.714. The van der Waals surface area contributed by atoms with Crippen molar-refractivity contribution in [2.24, 2.45) is 0 Å². The molecule has 3 aromatic carbocycles. The fraction of sp³-hybridized carbons (Fsp3) is 0.105. The molecule has 0 atom stereocenters. The number of pyridine rings is 1. The summed E-state index contributed by atoms with van der Waals surface area (Å²) in [5.74, 6) is 0. The Hall–Kier alpha value is -2.32. The highest BCUT2D eigenvalue weighted by Gasteiger charge is 2.23. The van der Waals surface area contributed by atoms with Crippen LogP contribution in [0.15, 0.2) is 53.3 Å². The smallest absolute Gasteiger partial charge is 0.258 e. The highest BCUT2D eigenvalue weighted by atomic mass is 35.5. The number of hydrogen-bond acceptors (Lipinski definition) is 1. The molecule has 1 aromatic heterocycles. The normalized spacial score (nSPS) is 13.5. The molecule has 2 heterocycles. The van der Waals surface area contributed by atoms with Crippen molar-refractivity contribution in [1.82, 2.24) is 4.57 Å². The average Bonchev–Trinajstić information content (AvgIpc) is 3.00. The van der Waals surface area contributed by atoms with Crippen LogP contribution in [0.5, 0.6) is 0 Å². The van der Waals surface area contributed by atoms with Crippen molar-refractivity contribution in [3.8, 4) is 0 Å². The topological polar surface area (TPSA) is 22.0 Å². The van der Waals surface area contributed by atoms with Gasteiger partial charge in [-0.15, -0.1) is 0 Å².